The molecule has 3 rings (SSSR count). The lowest BCUT2D eigenvalue weighted by Gasteiger charge is -2.34. The van der Waals surface area contributed by atoms with Crippen molar-refractivity contribution in [1.82, 2.24) is 15.1 Å². The average Bonchev–Trinajstić information content (AvgIpc) is 2.91. The molecule has 0 amide bonds. The molecule has 0 aliphatic carbocycles. The highest BCUT2D eigenvalue weighted by molar-refractivity contribution is 5.51. The van der Waals surface area contributed by atoms with Crippen LogP contribution in [-0.2, 0) is 6.54 Å². The normalized spacial score (nSPS) is 18.8. The lowest BCUT2D eigenvalue weighted by Crippen LogP contribution is -2.42. The SMILES string of the molecule is CC1(O)CCN(Cc2nnc(-c3ccc(F)cc3)o2)CC1. The van der Waals surface area contributed by atoms with Crippen LogP contribution >= 0.6 is 0 Å². The molecule has 1 aromatic carbocycles. The van der Waals surface area contributed by atoms with Crippen LogP contribution in [0.2, 0.25) is 0 Å². The van der Waals surface area contributed by atoms with E-state index in [-0.39, 0.29) is 5.82 Å². The highest BCUT2D eigenvalue weighted by atomic mass is 19.1. The van der Waals surface area contributed by atoms with Crippen LogP contribution in [0.3, 0.4) is 0 Å². The van der Waals surface area contributed by atoms with Gasteiger partial charge in [0.2, 0.25) is 11.8 Å². The predicted molar refractivity (Wildman–Crippen MR) is 74.8 cm³/mol. The first-order chi connectivity index (χ1) is 10.0. The summed E-state index contributed by atoms with van der Waals surface area (Å²) in [5.74, 6) is 0.642. The van der Waals surface area contributed by atoms with Gasteiger partial charge >= 0.3 is 0 Å². The van der Waals surface area contributed by atoms with E-state index in [1.54, 1.807) is 12.1 Å². The summed E-state index contributed by atoms with van der Waals surface area (Å²) >= 11 is 0. The first-order valence-corrected chi connectivity index (χ1v) is 7.05. The number of hydrogen-bond acceptors (Lipinski definition) is 5. The molecule has 0 bridgehead atoms. The molecule has 1 saturated heterocycles. The molecular weight excluding hydrogens is 273 g/mol. The molecule has 112 valence electrons. The summed E-state index contributed by atoms with van der Waals surface area (Å²) in [4.78, 5) is 2.18. The fourth-order valence-electron chi connectivity index (χ4n) is 2.41. The van der Waals surface area contributed by atoms with Gasteiger partial charge in [0.05, 0.1) is 12.1 Å². The van der Waals surface area contributed by atoms with Crippen molar-refractivity contribution < 1.29 is 13.9 Å². The van der Waals surface area contributed by atoms with E-state index in [1.165, 1.54) is 12.1 Å². The first-order valence-electron chi connectivity index (χ1n) is 7.05. The van der Waals surface area contributed by atoms with E-state index in [2.05, 4.69) is 15.1 Å². The first kappa shape index (κ1) is 14.2. The van der Waals surface area contributed by atoms with Gasteiger partial charge in [-0.1, -0.05) is 0 Å². The number of halogens is 1. The van der Waals surface area contributed by atoms with Crippen molar-refractivity contribution in [1.29, 1.82) is 0 Å². The summed E-state index contributed by atoms with van der Waals surface area (Å²) in [5, 5.41) is 18.0. The second-order valence-corrected chi connectivity index (χ2v) is 5.78. The fraction of sp³-hybridized carbons (Fsp3) is 0.467. The maximum Gasteiger partial charge on any atom is 0.247 e. The van der Waals surface area contributed by atoms with Crippen LogP contribution in [0.25, 0.3) is 11.5 Å². The van der Waals surface area contributed by atoms with Crippen molar-refractivity contribution in [3.8, 4) is 11.5 Å². The zero-order valence-electron chi connectivity index (χ0n) is 11.9. The zero-order valence-corrected chi connectivity index (χ0v) is 11.9. The van der Waals surface area contributed by atoms with E-state index in [1.807, 2.05) is 6.92 Å². The number of piperidine rings is 1. The summed E-state index contributed by atoms with van der Waals surface area (Å²) in [6.45, 7) is 4.05. The molecule has 0 atom stereocenters. The number of aliphatic hydroxyl groups is 1. The Balaban J connectivity index is 1.64. The minimum absolute atomic E-state index is 0.293. The molecule has 1 aromatic heterocycles. The Kier molecular flexibility index (Phi) is 3.73. The Hall–Kier alpha value is -1.79. The summed E-state index contributed by atoms with van der Waals surface area (Å²) < 4.78 is 18.5. The molecule has 2 aromatic rings. The number of hydrogen-bond donors (Lipinski definition) is 1. The van der Waals surface area contributed by atoms with Crippen LogP contribution in [0.4, 0.5) is 4.39 Å². The Morgan fingerprint density at radius 3 is 2.57 bits per heavy atom. The molecule has 0 saturated carbocycles. The number of aromatic nitrogens is 2. The molecule has 1 fully saturated rings. The van der Waals surface area contributed by atoms with Gasteiger partial charge in [-0.25, -0.2) is 4.39 Å². The van der Waals surface area contributed by atoms with Crippen molar-refractivity contribution in [3.05, 3.63) is 36.0 Å². The second-order valence-electron chi connectivity index (χ2n) is 5.78. The van der Waals surface area contributed by atoms with Gasteiger partial charge < -0.3 is 9.52 Å². The molecule has 2 heterocycles. The minimum Gasteiger partial charge on any atom is -0.419 e. The topological polar surface area (TPSA) is 62.4 Å². The van der Waals surface area contributed by atoms with Gasteiger partial charge in [-0.3, -0.25) is 4.90 Å². The zero-order chi connectivity index (χ0) is 14.9. The lowest BCUT2D eigenvalue weighted by molar-refractivity contribution is -0.00906. The van der Waals surface area contributed by atoms with E-state index in [9.17, 15) is 9.50 Å². The third-order valence-electron chi connectivity index (χ3n) is 3.85. The van der Waals surface area contributed by atoms with Crippen molar-refractivity contribution in [3.63, 3.8) is 0 Å². The molecule has 5 nitrogen and oxygen atoms in total. The standard InChI is InChI=1S/C15H18FN3O2/c1-15(20)6-8-19(9-7-15)10-13-17-18-14(21-13)11-2-4-12(16)5-3-11/h2-5,20H,6-10H2,1H3. The molecule has 6 heteroatoms. The second kappa shape index (κ2) is 5.54. The summed E-state index contributed by atoms with van der Waals surface area (Å²) in [6.07, 6.45) is 1.48. The Morgan fingerprint density at radius 1 is 1.24 bits per heavy atom. The van der Waals surface area contributed by atoms with E-state index < -0.39 is 5.60 Å². The smallest absolute Gasteiger partial charge is 0.247 e. The van der Waals surface area contributed by atoms with Gasteiger partial charge in [0.15, 0.2) is 0 Å². The van der Waals surface area contributed by atoms with Crippen LogP contribution in [0.1, 0.15) is 25.7 Å². The van der Waals surface area contributed by atoms with Gasteiger partial charge in [-0.2, -0.15) is 0 Å². The van der Waals surface area contributed by atoms with Crippen LogP contribution in [0.5, 0.6) is 0 Å². The summed E-state index contributed by atoms with van der Waals surface area (Å²) in [5.41, 5.74) is 0.140. The van der Waals surface area contributed by atoms with E-state index in [0.717, 1.165) is 25.9 Å². The molecule has 0 unspecified atom stereocenters. The van der Waals surface area contributed by atoms with Crippen molar-refractivity contribution in [2.75, 3.05) is 13.1 Å². The van der Waals surface area contributed by atoms with E-state index in [4.69, 9.17) is 4.42 Å². The van der Waals surface area contributed by atoms with Crippen LogP contribution < -0.4 is 0 Å². The predicted octanol–water partition coefficient (Wildman–Crippen LogP) is 2.22. The van der Waals surface area contributed by atoms with E-state index in [0.29, 0.717) is 23.9 Å². The van der Waals surface area contributed by atoms with Gasteiger partial charge in [-0.15, -0.1) is 10.2 Å². The highest BCUT2D eigenvalue weighted by Gasteiger charge is 2.28. The molecule has 1 aliphatic heterocycles. The van der Waals surface area contributed by atoms with E-state index >= 15 is 0 Å². The molecule has 1 N–H and O–H groups in total. The number of likely N-dealkylation sites (tertiary alicyclic amines) is 1. The van der Waals surface area contributed by atoms with Gasteiger partial charge in [0, 0.05) is 18.7 Å². The largest absolute Gasteiger partial charge is 0.419 e. The average molecular weight is 291 g/mol. The minimum atomic E-state index is -0.565. The molecule has 1 aliphatic rings. The Morgan fingerprint density at radius 2 is 1.90 bits per heavy atom. The molecule has 0 radical (unpaired) electrons. The molecular formula is C15H18FN3O2. The van der Waals surface area contributed by atoms with Gasteiger partial charge in [-0.05, 0) is 44.0 Å². The Labute approximate surface area is 122 Å². The highest BCUT2D eigenvalue weighted by Crippen LogP contribution is 2.23. The number of rotatable bonds is 3. The molecule has 0 spiro atoms. The maximum absolute atomic E-state index is 12.9. The number of nitrogens with zero attached hydrogens (tertiary/aromatic N) is 3. The van der Waals surface area contributed by atoms with Crippen molar-refractivity contribution in [2.24, 2.45) is 0 Å². The summed E-state index contributed by atoms with van der Waals surface area (Å²) in [6, 6.07) is 5.97. The van der Waals surface area contributed by atoms with Crippen LogP contribution in [0.15, 0.2) is 28.7 Å². The van der Waals surface area contributed by atoms with Gasteiger partial charge in [0.25, 0.3) is 0 Å². The summed E-state index contributed by atoms with van der Waals surface area (Å²) in [7, 11) is 0. The van der Waals surface area contributed by atoms with Crippen LogP contribution in [-0.4, -0.2) is 38.9 Å². The fourth-order valence-corrected chi connectivity index (χ4v) is 2.41. The monoisotopic (exact) mass is 291 g/mol. The molecule has 21 heavy (non-hydrogen) atoms. The number of benzene rings is 1. The third-order valence-corrected chi connectivity index (χ3v) is 3.85. The van der Waals surface area contributed by atoms with Crippen molar-refractivity contribution >= 4 is 0 Å². The van der Waals surface area contributed by atoms with Crippen molar-refractivity contribution in [2.45, 2.75) is 31.9 Å². The third kappa shape index (κ3) is 3.46. The quantitative estimate of drug-likeness (QED) is 0.939. The van der Waals surface area contributed by atoms with Gasteiger partial charge in [0.1, 0.15) is 5.82 Å². The lowest BCUT2D eigenvalue weighted by atomic mass is 9.94. The Bertz CT molecular complexity index is 600. The maximum atomic E-state index is 12.9. The van der Waals surface area contributed by atoms with Crippen LogP contribution in [0, 0.1) is 5.82 Å².